The summed E-state index contributed by atoms with van der Waals surface area (Å²) in [5.41, 5.74) is 3.06. The summed E-state index contributed by atoms with van der Waals surface area (Å²) in [4.78, 5) is 0. The van der Waals surface area contributed by atoms with Crippen molar-refractivity contribution in [2.24, 2.45) is 0 Å². The zero-order valence-corrected chi connectivity index (χ0v) is 8.99. The van der Waals surface area contributed by atoms with Gasteiger partial charge in [0.15, 0.2) is 0 Å². The minimum atomic E-state index is 0.0968. The van der Waals surface area contributed by atoms with Crippen LogP contribution in [0, 0.1) is 0 Å². The lowest BCUT2D eigenvalue weighted by atomic mass is 9.82. The van der Waals surface area contributed by atoms with Gasteiger partial charge >= 0.3 is 0 Å². The predicted octanol–water partition coefficient (Wildman–Crippen LogP) is 1.73. The molecule has 1 spiro atoms. The summed E-state index contributed by atoms with van der Waals surface area (Å²) in [6.45, 7) is 2.83. The van der Waals surface area contributed by atoms with E-state index in [0.717, 1.165) is 26.1 Å². The smallest absolute Gasteiger partial charge is 0.115 e. The van der Waals surface area contributed by atoms with Crippen LogP contribution in [0.4, 0.5) is 0 Å². The number of fused-ring (bicyclic) bond motifs is 1. The zero-order valence-electron chi connectivity index (χ0n) is 7.40. The lowest BCUT2D eigenvalue weighted by Gasteiger charge is -2.41. The number of hydrogen-bond donors (Lipinski definition) is 1. The lowest BCUT2D eigenvalue weighted by Crippen LogP contribution is -2.60. The van der Waals surface area contributed by atoms with Gasteiger partial charge in [0.1, 0.15) is 5.60 Å². The molecule has 0 saturated carbocycles. The Labute approximate surface area is 86.2 Å². The molecule has 0 bridgehead atoms. The molecule has 1 saturated heterocycles. The molecule has 3 heteroatoms. The minimum absolute atomic E-state index is 0.0968. The van der Waals surface area contributed by atoms with Gasteiger partial charge in [0.25, 0.3) is 0 Å². The van der Waals surface area contributed by atoms with E-state index in [1.807, 2.05) is 0 Å². The second-order valence-electron chi connectivity index (χ2n) is 3.98. The summed E-state index contributed by atoms with van der Waals surface area (Å²) in [6, 6.07) is 0. The van der Waals surface area contributed by atoms with Crippen LogP contribution >= 0.6 is 15.9 Å². The van der Waals surface area contributed by atoms with Gasteiger partial charge in [-0.15, -0.1) is 0 Å². The Balaban J connectivity index is 1.99. The highest BCUT2D eigenvalue weighted by Crippen LogP contribution is 2.42. The van der Waals surface area contributed by atoms with Gasteiger partial charge in [0.2, 0.25) is 0 Å². The first-order chi connectivity index (χ1) is 6.30. The molecule has 1 N–H and O–H groups in total. The highest BCUT2D eigenvalue weighted by Gasteiger charge is 2.46. The van der Waals surface area contributed by atoms with E-state index >= 15 is 0 Å². The number of hydrogen-bond acceptors (Lipinski definition) is 2. The second kappa shape index (κ2) is 2.69. The molecule has 0 atom stereocenters. The van der Waals surface area contributed by atoms with Crippen molar-refractivity contribution < 1.29 is 4.74 Å². The molecule has 0 aromatic rings. The van der Waals surface area contributed by atoms with Crippen LogP contribution in [0.25, 0.3) is 0 Å². The van der Waals surface area contributed by atoms with Crippen molar-refractivity contribution in [3.8, 4) is 0 Å². The van der Waals surface area contributed by atoms with Crippen molar-refractivity contribution in [3.05, 3.63) is 21.7 Å². The molecule has 0 radical (unpaired) electrons. The van der Waals surface area contributed by atoms with E-state index in [1.54, 1.807) is 5.57 Å². The average molecular weight is 242 g/mol. The summed E-state index contributed by atoms with van der Waals surface area (Å²) < 4.78 is 7.19. The maximum atomic E-state index is 5.87. The third-order valence-corrected chi connectivity index (χ3v) is 3.83. The van der Waals surface area contributed by atoms with Gasteiger partial charge in [0.05, 0.1) is 6.61 Å². The van der Waals surface area contributed by atoms with Crippen LogP contribution in [-0.2, 0) is 4.74 Å². The molecule has 13 heavy (non-hydrogen) atoms. The SMILES string of the molecule is BrC1=CC2=C(CC1)C1(CNC1)OC2. The standard InChI is InChI=1S/C10H12BrNO/c11-8-1-2-9-7(3-8)4-13-10(9)5-12-6-10/h3,12H,1-2,4-6H2. The van der Waals surface area contributed by atoms with Crippen LogP contribution in [0.15, 0.2) is 21.7 Å². The van der Waals surface area contributed by atoms with Crippen LogP contribution in [0.1, 0.15) is 12.8 Å². The molecule has 1 aliphatic carbocycles. The number of nitrogens with one attached hydrogen (secondary N) is 1. The van der Waals surface area contributed by atoms with Gasteiger partial charge in [-0.3, -0.25) is 0 Å². The van der Waals surface area contributed by atoms with Crippen LogP contribution in [0.5, 0.6) is 0 Å². The van der Waals surface area contributed by atoms with E-state index in [1.165, 1.54) is 16.5 Å². The topological polar surface area (TPSA) is 21.3 Å². The second-order valence-corrected chi connectivity index (χ2v) is 5.00. The summed E-state index contributed by atoms with van der Waals surface area (Å²) in [7, 11) is 0. The number of allylic oxidation sites excluding steroid dienone is 1. The van der Waals surface area contributed by atoms with Crippen molar-refractivity contribution in [2.75, 3.05) is 19.7 Å². The predicted molar refractivity (Wildman–Crippen MR) is 54.8 cm³/mol. The van der Waals surface area contributed by atoms with Crippen molar-refractivity contribution in [1.82, 2.24) is 5.32 Å². The highest BCUT2D eigenvalue weighted by molar-refractivity contribution is 9.11. The monoisotopic (exact) mass is 241 g/mol. The Morgan fingerprint density at radius 3 is 2.92 bits per heavy atom. The summed E-state index contributed by atoms with van der Waals surface area (Å²) >= 11 is 3.56. The fourth-order valence-corrected chi connectivity index (χ4v) is 2.85. The maximum Gasteiger partial charge on any atom is 0.115 e. The zero-order chi connectivity index (χ0) is 8.89. The molecule has 0 aromatic carbocycles. The van der Waals surface area contributed by atoms with Crippen LogP contribution < -0.4 is 5.32 Å². The van der Waals surface area contributed by atoms with Crippen molar-refractivity contribution in [2.45, 2.75) is 18.4 Å². The molecule has 0 amide bonds. The molecule has 2 heterocycles. The maximum absolute atomic E-state index is 5.87. The van der Waals surface area contributed by atoms with E-state index < -0.39 is 0 Å². The first-order valence-electron chi connectivity index (χ1n) is 4.73. The minimum Gasteiger partial charge on any atom is -0.363 e. The van der Waals surface area contributed by atoms with Crippen molar-refractivity contribution in [3.63, 3.8) is 0 Å². The Hall–Kier alpha value is -0.120. The summed E-state index contributed by atoms with van der Waals surface area (Å²) in [5.74, 6) is 0. The van der Waals surface area contributed by atoms with Crippen LogP contribution in [0.2, 0.25) is 0 Å². The fourth-order valence-electron chi connectivity index (χ4n) is 2.37. The number of halogens is 1. The molecular formula is C10H12BrNO. The third-order valence-electron chi connectivity index (χ3n) is 3.21. The molecular weight excluding hydrogens is 230 g/mol. The van der Waals surface area contributed by atoms with E-state index in [2.05, 4.69) is 27.3 Å². The van der Waals surface area contributed by atoms with Crippen LogP contribution in [-0.4, -0.2) is 25.3 Å². The normalized spacial score (nSPS) is 30.1. The largest absolute Gasteiger partial charge is 0.363 e. The molecule has 1 fully saturated rings. The molecule has 0 aromatic heterocycles. The van der Waals surface area contributed by atoms with Gasteiger partial charge < -0.3 is 10.1 Å². The highest BCUT2D eigenvalue weighted by atomic mass is 79.9. The van der Waals surface area contributed by atoms with Gasteiger partial charge in [0, 0.05) is 13.1 Å². The van der Waals surface area contributed by atoms with E-state index in [4.69, 9.17) is 4.74 Å². The van der Waals surface area contributed by atoms with Gasteiger partial charge in [-0.25, -0.2) is 0 Å². The van der Waals surface area contributed by atoms with Crippen molar-refractivity contribution in [1.29, 1.82) is 0 Å². The van der Waals surface area contributed by atoms with E-state index in [9.17, 15) is 0 Å². The molecule has 0 unspecified atom stereocenters. The van der Waals surface area contributed by atoms with E-state index in [0.29, 0.717) is 0 Å². The summed E-state index contributed by atoms with van der Waals surface area (Å²) in [5, 5.41) is 3.30. The summed E-state index contributed by atoms with van der Waals surface area (Å²) in [6.07, 6.45) is 4.56. The molecule has 70 valence electrons. The first kappa shape index (κ1) is 8.21. The van der Waals surface area contributed by atoms with Crippen LogP contribution in [0.3, 0.4) is 0 Å². The van der Waals surface area contributed by atoms with Gasteiger partial charge in [-0.1, -0.05) is 15.9 Å². The van der Waals surface area contributed by atoms with Gasteiger partial charge in [-0.05, 0) is 34.5 Å². The Morgan fingerprint density at radius 1 is 1.38 bits per heavy atom. The first-order valence-corrected chi connectivity index (χ1v) is 5.53. The average Bonchev–Trinajstić information content (AvgIpc) is 2.41. The van der Waals surface area contributed by atoms with Crippen molar-refractivity contribution >= 4 is 15.9 Å². The quantitative estimate of drug-likeness (QED) is 0.698. The van der Waals surface area contributed by atoms with E-state index in [-0.39, 0.29) is 5.60 Å². The number of ether oxygens (including phenoxy) is 1. The molecule has 3 rings (SSSR count). The lowest BCUT2D eigenvalue weighted by molar-refractivity contribution is -0.0235. The Kier molecular flexibility index (Phi) is 1.70. The molecule has 3 aliphatic rings. The molecule has 2 nitrogen and oxygen atoms in total. The number of rotatable bonds is 0. The third kappa shape index (κ3) is 1.07. The van der Waals surface area contributed by atoms with Gasteiger partial charge in [-0.2, -0.15) is 0 Å². The Bertz CT molecular complexity index is 315. The fraction of sp³-hybridized carbons (Fsp3) is 0.600. The Morgan fingerprint density at radius 2 is 2.23 bits per heavy atom. The molecule has 2 aliphatic heterocycles.